The van der Waals surface area contributed by atoms with E-state index in [0.717, 1.165) is 36.6 Å². The average molecular weight is 422 g/mol. The molecule has 0 atom stereocenters. The number of rotatable bonds is 8. The maximum atomic E-state index is 13.9. The van der Waals surface area contributed by atoms with E-state index in [-0.39, 0.29) is 36.0 Å². The molecule has 1 aliphatic carbocycles. The van der Waals surface area contributed by atoms with E-state index < -0.39 is 27.4 Å². The van der Waals surface area contributed by atoms with Gasteiger partial charge >= 0.3 is 0 Å². The lowest BCUT2D eigenvalue weighted by Crippen LogP contribution is -2.25. The smallest absolute Gasteiger partial charge is 0.256 e. The van der Waals surface area contributed by atoms with Gasteiger partial charge in [0.2, 0.25) is 0 Å². The van der Waals surface area contributed by atoms with Gasteiger partial charge in [0, 0.05) is 42.4 Å². The maximum absolute atomic E-state index is 13.9. The number of amides is 1. The van der Waals surface area contributed by atoms with Crippen LogP contribution in [0.15, 0.2) is 35.9 Å². The summed E-state index contributed by atoms with van der Waals surface area (Å²) in [7, 11) is -3.29. The largest absolute Gasteiger partial charge is 0.365 e. The van der Waals surface area contributed by atoms with Crippen molar-refractivity contribution in [1.82, 2.24) is 15.3 Å². The molecule has 0 spiro atoms. The van der Waals surface area contributed by atoms with E-state index in [9.17, 15) is 22.0 Å². The van der Waals surface area contributed by atoms with Crippen LogP contribution in [0.5, 0.6) is 0 Å². The zero-order valence-electron chi connectivity index (χ0n) is 15.7. The van der Waals surface area contributed by atoms with Crippen LogP contribution in [0.3, 0.4) is 0 Å². The molecule has 1 saturated carbocycles. The number of aromatic nitrogens is 2. The zero-order chi connectivity index (χ0) is 21.0. The number of anilines is 1. The van der Waals surface area contributed by atoms with E-state index in [1.807, 2.05) is 0 Å². The fourth-order valence-corrected chi connectivity index (χ4v) is 3.02. The monoisotopic (exact) mass is 422 g/mol. The summed E-state index contributed by atoms with van der Waals surface area (Å²) < 4.78 is 49.9. The highest BCUT2D eigenvalue weighted by atomic mass is 32.2. The number of carbonyl (C=O) groups is 1. The average Bonchev–Trinajstić information content (AvgIpc) is 3.49. The van der Waals surface area contributed by atoms with E-state index >= 15 is 0 Å². The lowest BCUT2D eigenvalue weighted by Gasteiger charge is -2.13. The summed E-state index contributed by atoms with van der Waals surface area (Å²) in [4.78, 5) is 21.0. The lowest BCUT2D eigenvalue weighted by molar-refractivity contribution is 0.0958. The Kier molecular flexibility index (Phi) is 6.21. The second-order valence-electron chi connectivity index (χ2n) is 6.73. The normalized spacial score (nSPS) is 14.2. The molecule has 7 nitrogen and oxygen atoms in total. The van der Waals surface area contributed by atoms with Gasteiger partial charge in [-0.3, -0.25) is 4.79 Å². The molecule has 1 fully saturated rings. The van der Waals surface area contributed by atoms with Gasteiger partial charge in [-0.1, -0.05) is 12.1 Å². The Morgan fingerprint density at radius 1 is 1.28 bits per heavy atom. The third-order valence-electron chi connectivity index (χ3n) is 4.21. The summed E-state index contributed by atoms with van der Waals surface area (Å²) in [6.45, 7) is -0.217. The highest BCUT2D eigenvalue weighted by molar-refractivity contribution is 7.93. The second kappa shape index (κ2) is 8.64. The van der Waals surface area contributed by atoms with Crippen LogP contribution in [0.4, 0.5) is 14.6 Å². The van der Waals surface area contributed by atoms with Crippen LogP contribution in [0.1, 0.15) is 40.5 Å². The Bertz CT molecular complexity index is 1030. The second-order valence-corrected chi connectivity index (χ2v) is 8.66. The van der Waals surface area contributed by atoms with Crippen LogP contribution in [-0.4, -0.2) is 37.1 Å². The Morgan fingerprint density at radius 3 is 2.59 bits per heavy atom. The minimum absolute atomic E-state index is 0.0162. The third kappa shape index (κ3) is 5.80. The predicted octanol–water partition coefficient (Wildman–Crippen LogP) is 2.53. The standard InChI is InChI=1S/C19H20F2N4O3S/c1-29(27,28)9-3-8-22-19(26)14-11-23-17(12-6-7-12)25-18(14)24-10-13-15(20)4-2-5-16(13)21/h2-5,9,11-12H,6-8,10H2,1H3,(H,22,26)(H,23,24,25)/b9-3+. The van der Waals surface area contributed by atoms with Gasteiger partial charge in [0.25, 0.3) is 5.91 Å². The van der Waals surface area contributed by atoms with Gasteiger partial charge in [0.15, 0.2) is 9.84 Å². The first-order chi connectivity index (χ1) is 13.7. The molecular weight excluding hydrogens is 402 g/mol. The van der Waals surface area contributed by atoms with E-state index in [0.29, 0.717) is 5.82 Å². The number of nitrogens with zero attached hydrogens (tertiary/aromatic N) is 2. The number of nitrogens with one attached hydrogen (secondary N) is 2. The van der Waals surface area contributed by atoms with Gasteiger partial charge in [0.1, 0.15) is 28.8 Å². The highest BCUT2D eigenvalue weighted by Crippen LogP contribution is 2.38. The molecule has 29 heavy (non-hydrogen) atoms. The van der Waals surface area contributed by atoms with Crippen LogP contribution in [0.25, 0.3) is 0 Å². The highest BCUT2D eigenvalue weighted by Gasteiger charge is 2.28. The summed E-state index contributed by atoms with van der Waals surface area (Å²) >= 11 is 0. The van der Waals surface area contributed by atoms with Gasteiger partial charge in [-0.05, 0) is 25.0 Å². The molecule has 2 aromatic rings. The van der Waals surface area contributed by atoms with Gasteiger partial charge in [-0.25, -0.2) is 27.2 Å². The van der Waals surface area contributed by atoms with Crippen molar-refractivity contribution >= 4 is 21.6 Å². The van der Waals surface area contributed by atoms with Crippen molar-refractivity contribution in [2.24, 2.45) is 0 Å². The summed E-state index contributed by atoms with van der Waals surface area (Å²) in [5.74, 6) is -1.00. The molecule has 154 valence electrons. The maximum Gasteiger partial charge on any atom is 0.256 e. The molecule has 1 heterocycles. The first-order valence-corrected chi connectivity index (χ1v) is 10.9. The van der Waals surface area contributed by atoms with Crippen molar-refractivity contribution in [3.63, 3.8) is 0 Å². The lowest BCUT2D eigenvalue weighted by atomic mass is 10.2. The predicted molar refractivity (Wildman–Crippen MR) is 104 cm³/mol. The van der Waals surface area contributed by atoms with Crippen LogP contribution in [0.2, 0.25) is 0 Å². The Morgan fingerprint density at radius 2 is 1.97 bits per heavy atom. The molecule has 1 aromatic heterocycles. The van der Waals surface area contributed by atoms with Crippen LogP contribution in [0, 0.1) is 11.6 Å². The van der Waals surface area contributed by atoms with Crippen LogP contribution in [-0.2, 0) is 16.4 Å². The van der Waals surface area contributed by atoms with Gasteiger partial charge in [0.05, 0.1) is 0 Å². The molecule has 0 unspecified atom stereocenters. The number of sulfone groups is 1. The molecule has 3 rings (SSSR count). The molecule has 0 aliphatic heterocycles. The van der Waals surface area contributed by atoms with Gasteiger partial charge in [-0.2, -0.15) is 0 Å². The first-order valence-electron chi connectivity index (χ1n) is 8.93. The van der Waals surface area contributed by atoms with Gasteiger partial charge in [-0.15, -0.1) is 0 Å². The van der Waals surface area contributed by atoms with Crippen molar-refractivity contribution < 1.29 is 22.0 Å². The molecule has 0 saturated heterocycles. The number of benzene rings is 1. The van der Waals surface area contributed by atoms with Crippen LogP contribution >= 0.6 is 0 Å². The summed E-state index contributed by atoms with van der Waals surface area (Å²) in [6.07, 6.45) is 5.59. The molecular formula is C19H20F2N4O3S. The molecule has 1 aromatic carbocycles. The molecule has 0 bridgehead atoms. The van der Waals surface area contributed by atoms with Crippen molar-refractivity contribution in [2.45, 2.75) is 25.3 Å². The summed E-state index contributed by atoms with van der Waals surface area (Å²) in [6, 6.07) is 3.57. The minimum atomic E-state index is -3.29. The Balaban J connectivity index is 1.78. The fourth-order valence-electron chi connectivity index (χ4n) is 2.58. The number of hydrogen-bond donors (Lipinski definition) is 2. The summed E-state index contributed by atoms with van der Waals surface area (Å²) in [5.41, 5.74) is -0.0690. The molecule has 2 N–H and O–H groups in total. The number of halogens is 2. The molecule has 1 aliphatic rings. The van der Waals surface area contributed by atoms with Crippen molar-refractivity contribution in [3.05, 3.63) is 64.5 Å². The number of carbonyl (C=O) groups excluding carboxylic acids is 1. The molecule has 1 amide bonds. The van der Waals surface area contributed by atoms with Crippen LogP contribution < -0.4 is 10.6 Å². The zero-order valence-corrected chi connectivity index (χ0v) is 16.5. The SMILES string of the molecule is CS(=O)(=O)/C=C/CNC(=O)c1cnc(C2CC2)nc1NCc1c(F)cccc1F. The minimum Gasteiger partial charge on any atom is -0.365 e. The van der Waals surface area contributed by atoms with Crippen molar-refractivity contribution in [2.75, 3.05) is 18.1 Å². The Labute approximate surface area is 167 Å². The molecule has 10 heteroatoms. The van der Waals surface area contributed by atoms with Crippen molar-refractivity contribution in [1.29, 1.82) is 0 Å². The van der Waals surface area contributed by atoms with E-state index in [1.165, 1.54) is 18.3 Å². The van der Waals surface area contributed by atoms with Crippen molar-refractivity contribution in [3.8, 4) is 0 Å². The third-order valence-corrected chi connectivity index (χ3v) is 4.90. The first kappa shape index (κ1) is 20.8. The van der Waals surface area contributed by atoms with E-state index in [1.54, 1.807) is 0 Å². The van der Waals surface area contributed by atoms with E-state index in [2.05, 4.69) is 20.6 Å². The fraction of sp³-hybridized carbons (Fsp3) is 0.316. The Hall–Kier alpha value is -2.88. The summed E-state index contributed by atoms with van der Waals surface area (Å²) in [5, 5.41) is 6.35. The van der Waals surface area contributed by atoms with Gasteiger partial charge < -0.3 is 10.6 Å². The molecule has 0 radical (unpaired) electrons. The quantitative estimate of drug-likeness (QED) is 0.678. The topological polar surface area (TPSA) is 101 Å². The van der Waals surface area contributed by atoms with E-state index in [4.69, 9.17) is 0 Å². The number of hydrogen-bond acceptors (Lipinski definition) is 6.